The zero-order valence-electron chi connectivity index (χ0n) is 13.4. The van der Waals surface area contributed by atoms with Gasteiger partial charge in [0, 0.05) is 30.3 Å². The second-order valence-electron chi connectivity index (χ2n) is 7.13. The Morgan fingerprint density at radius 1 is 1.48 bits per heavy atom. The van der Waals surface area contributed by atoms with E-state index >= 15 is 0 Å². The topological polar surface area (TPSA) is 61.2 Å². The molecule has 0 spiro atoms. The molecular formula is C17H24N2O2. The summed E-state index contributed by atoms with van der Waals surface area (Å²) < 4.78 is 0. The summed E-state index contributed by atoms with van der Waals surface area (Å²) >= 11 is 0. The van der Waals surface area contributed by atoms with Crippen LogP contribution in [0.4, 0.5) is 0 Å². The third-order valence-corrected chi connectivity index (χ3v) is 5.13. The number of rotatable bonds is 2. The van der Waals surface area contributed by atoms with Crippen LogP contribution >= 0.6 is 0 Å². The van der Waals surface area contributed by atoms with Crippen LogP contribution in [0.2, 0.25) is 0 Å². The van der Waals surface area contributed by atoms with E-state index < -0.39 is 5.41 Å². The third kappa shape index (κ3) is 2.50. The van der Waals surface area contributed by atoms with Crippen molar-refractivity contribution in [2.45, 2.75) is 47.0 Å². The van der Waals surface area contributed by atoms with Gasteiger partial charge in [-0.15, -0.1) is 0 Å². The number of fused-ring (bicyclic) bond motifs is 1. The maximum absolute atomic E-state index is 12.4. The van der Waals surface area contributed by atoms with E-state index in [-0.39, 0.29) is 28.6 Å². The molecule has 2 aliphatic rings. The van der Waals surface area contributed by atoms with Gasteiger partial charge in [-0.05, 0) is 18.8 Å². The summed E-state index contributed by atoms with van der Waals surface area (Å²) in [6.45, 7) is 9.28. The average molecular weight is 288 g/mol. The molecule has 0 bridgehead atoms. The molecule has 0 unspecified atom stereocenters. The fourth-order valence-corrected chi connectivity index (χ4v) is 4.12. The number of piperidine rings is 1. The largest absolute Gasteiger partial charge is 0.342 e. The van der Waals surface area contributed by atoms with E-state index in [4.69, 9.17) is 0 Å². The Kier molecular flexibility index (Phi) is 3.97. The number of allylic oxidation sites excluding steroid dienone is 1. The molecule has 0 aromatic carbocycles. The van der Waals surface area contributed by atoms with E-state index in [9.17, 15) is 14.9 Å². The minimum atomic E-state index is -0.533. The number of Topliss-reactive ketones (excluding diaryl/α,β-unsaturated/α-hetero) is 1. The van der Waals surface area contributed by atoms with Gasteiger partial charge in [0.2, 0.25) is 5.91 Å². The Labute approximate surface area is 126 Å². The predicted molar refractivity (Wildman–Crippen MR) is 80.2 cm³/mol. The number of ketones is 1. The molecule has 114 valence electrons. The van der Waals surface area contributed by atoms with Crippen molar-refractivity contribution in [2.75, 3.05) is 13.1 Å². The molecule has 0 aromatic heterocycles. The molecular weight excluding hydrogens is 264 g/mol. The number of carbonyl (C=O) groups is 2. The first-order valence-corrected chi connectivity index (χ1v) is 7.72. The summed E-state index contributed by atoms with van der Waals surface area (Å²) in [5.41, 5.74) is -0.568. The van der Waals surface area contributed by atoms with Crippen molar-refractivity contribution in [3.8, 4) is 6.07 Å². The van der Waals surface area contributed by atoms with Crippen molar-refractivity contribution in [2.24, 2.45) is 16.7 Å². The fraction of sp³-hybridized carbons (Fsp3) is 0.706. The molecule has 1 saturated heterocycles. The van der Waals surface area contributed by atoms with E-state index in [1.165, 1.54) is 0 Å². The molecule has 0 N–H and O–H groups in total. The van der Waals surface area contributed by atoms with Crippen LogP contribution in [0.5, 0.6) is 0 Å². The maximum Gasteiger partial charge on any atom is 0.222 e. The van der Waals surface area contributed by atoms with Gasteiger partial charge in [0.05, 0.1) is 5.57 Å². The highest BCUT2D eigenvalue weighted by Crippen LogP contribution is 2.51. The third-order valence-electron chi connectivity index (χ3n) is 5.13. The van der Waals surface area contributed by atoms with Crippen molar-refractivity contribution in [1.29, 1.82) is 5.26 Å². The lowest BCUT2D eigenvalue weighted by atomic mass is 9.55. The molecule has 1 aliphatic carbocycles. The number of likely N-dealkylation sites (tertiary alicyclic amines) is 1. The van der Waals surface area contributed by atoms with Gasteiger partial charge in [0.15, 0.2) is 5.78 Å². The standard InChI is InChI=1S/C17H24N2O2/c1-5-6-14(20)19-8-7-13-16(2,3)15(21)12(10-18)9-17(13,4)11-19/h9,13H,5-8,11H2,1-4H3/t13-,17+/m1/s1. The van der Waals surface area contributed by atoms with E-state index in [0.717, 1.165) is 12.8 Å². The molecule has 1 heterocycles. The molecule has 4 nitrogen and oxygen atoms in total. The van der Waals surface area contributed by atoms with Crippen molar-refractivity contribution in [1.82, 2.24) is 4.90 Å². The zero-order chi connectivity index (χ0) is 15.8. The molecule has 4 heteroatoms. The minimum Gasteiger partial charge on any atom is -0.342 e. The summed E-state index contributed by atoms with van der Waals surface area (Å²) in [5, 5.41) is 9.24. The highest BCUT2D eigenvalue weighted by Gasteiger charge is 2.53. The summed E-state index contributed by atoms with van der Waals surface area (Å²) in [7, 11) is 0. The Bertz CT molecular complexity index is 541. The fourth-order valence-electron chi connectivity index (χ4n) is 4.12. The minimum absolute atomic E-state index is 0.0548. The van der Waals surface area contributed by atoms with Gasteiger partial charge in [-0.25, -0.2) is 0 Å². The number of nitriles is 1. The van der Waals surface area contributed by atoms with E-state index in [0.29, 0.717) is 19.5 Å². The van der Waals surface area contributed by atoms with Crippen LogP contribution in [0.1, 0.15) is 47.0 Å². The summed E-state index contributed by atoms with van der Waals surface area (Å²) in [4.78, 5) is 26.5. The first kappa shape index (κ1) is 15.8. The van der Waals surface area contributed by atoms with Gasteiger partial charge >= 0.3 is 0 Å². The summed E-state index contributed by atoms with van der Waals surface area (Å²) in [6, 6.07) is 2.04. The van der Waals surface area contributed by atoms with Crippen LogP contribution < -0.4 is 0 Å². The monoisotopic (exact) mass is 288 g/mol. The Balaban J connectivity index is 2.36. The molecule has 0 saturated carbocycles. The lowest BCUT2D eigenvalue weighted by Crippen LogP contribution is -2.56. The van der Waals surface area contributed by atoms with E-state index in [1.807, 2.05) is 37.8 Å². The average Bonchev–Trinajstić information content (AvgIpc) is 2.42. The zero-order valence-corrected chi connectivity index (χ0v) is 13.4. The second-order valence-corrected chi connectivity index (χ2v) is 7.13. The van der Waals surface area contributed by atoms with Gasteiger partial charge in [-0.3, -0.25) is 9.59 Å². The SMILES string of the molecule is CCCC(=O)N1CC[C@@H]2C(C)(C)C(=O)C(C#N)=C[C@@]2(C)C1. The first-order chi connectivity index (χ1) is 9.76. The van der Waals surface area contributed by atoms with Gasteiger partial charge < -0.3 is 4.90 Å². The molecule has 1 fully saturated rings. The van der Waals surface area contributed by atoms with Crippen LogP contribution in [-0.4, -0.2) is 29.7 Å². The quantitative estimate of drug-likeness (QED) is 0.785. The molecule has 2 rings (SSSR count). The summed E-state index contributed by atoms with van der Waals surface area (Å²) in [5.74, 6) is 0.305. The van der Waals surface area contributed by atoms with E-state index in [1.54, 1.807) is 0 Å². The van der Waals surface area contributed by atoms with Crippen LogP contribution in [0.25, 0.3) is 0 Å². The highest BCUT2D eigenvalue weighted by atomic mass is 16.2. The number of nitrogens with zero attached hydrogens (tertiary/aromatic N) is 2. The lowest BCUT2D eigenvalue weighted by molar-refractivity contribution is -0.140. The maximum atomic E-state index is 12.4. The normalized spacial score (nSPS) is 31.2. The van der Waals surface area contributed by atoms with Crippen LogP contribution in [0.3, 0.4) is 0 Å². The first-order valence-electron chi connectivity index (χ1n) is 7.72. The second kappa shape index (κ2) is 5.29. The molecule has 0 aromatic rings. The van der Waals surface area contributed by atoms with Crippen molar-refractivity contribution in [3.05, 3.63) is 11.6 Å². The molecule has 1 amide bonds. The molecule has 2 atom stereocenters. The van der Waals surface area contributed by atoms with Crippen molar-refractivity contribution >= 4 is 11.7 Å². The van der Waals surface area contributed by atoms with Crippen molar-refractivity contribution < 1.29 is 9.59 Å². The van der Waals surface area contributed by atoms with Gasteiger partial charge in [-0.2, -0.15) is 5.26 Å². The molecule has 21 heavy (non-hydrogen) atoms. The van der Waals surface area contributed by atoms with E-state index in [2.05, 4.69) is 6.92 Å². The molecule has 0 radical (unpaired) electrons. The van der Waals surface area contributed by atoms with Crippen LogP contribution in [-0.2, 0) is 9.59 Å². The highest BCUT2D eigenvalue weighted by molar-refractivity contribution is 6.04. The van der Waals surface area contributed by atoms with Gasteiger partial charge in [-0.1, -0.05) is 33.8 Å². The number of amides is 1. The van der Waals surface area contributed by atoms with Crippen LogP contribution in [0, 0.1) is 28.1 Å². The number of carbonyl (C=O) groups excluding carboxylic acids is 2. The Morgan fingerprint density at radius 2 is 2.14 bits per heavy atom. The van der Waals surface area contributed by atoms with Crippen molar-refractivity contribution in [3.63, 3.8) is 0 Å². The van der Waals surface area contributed by atoms with Crippen LogP contribution in [0.15, 0.2) is 11.6 Å². The Morgan fingerprint density at radius 3 is 2.71 bits per heavy atom. The van der Waals surface area contributed by atoms with Gasteiger partial charge in [0.25, 0.3) is 0 Å². The molecule has 1 aliphatic heterocycles. The lowest BCUT2D eigenvalue weighted by Gasteiger charge is -2.53. The number of hydrogen-bond donors (Lipinski definition) is 0. The Hall–Kier alpha value is -1.63. The van der Waals surface area contributed by atoms with Gasteiger partial charge in [0.1, 0.15) is 6.07 Å². The predicted octanol–water partition coefficient (Wildman–Crippen LogP) is 2.70. The summed E-state index contributed by atoms with van der Waals surface area (Å²) in [6.07, 6.45) is 4.05. The smallest absolute Gasteiger partial charge is 0.222 e. The number of hydrogen-bond acceptors (Lipinski definition) is 3.